The fourth-order valence-corrected chi connectivity index (χ4v) is 2.80. The lowest BCUT2D eigenvalue weighted by atomic mass is 10.1. The number of imidazole rings is 1. The SMILES string of the molecule is c1ccc2c(c1)CC(Nc1ncc(-c3cnc[nH]3)cn1)C2. The molecule has 5 heteroatoms. The highest BCUT2D eigenvalue weighted by Gasteiger charge is 2.21. The Morgan fingerprint density at radius 1 is 1.00 bits per heavy atom. The third-order valence-corrected chi connectivity index (χ3v) is 3.85. The second-order valence-corrected chi connectivity index (χ2v) is 5.28. The highest BCUT2D eigenvalue weighted by atomic mass is 15.1. The van der Waals surface area contributed by atoms with Crippen molar-refractivity contribution in [3.8, 4) is 11.3 Å². The van der Waals surface area contributed by atoms with E-state index in [9.17, 15) is 0 Å². The topological polar surface area (TPSA) is 66.5 Å². The van der Waals surface area contributed by atoms with E-state index < -0.39 is 0 Å². The Bertz CT molecular complexity index is 709. The Morgan fingerprint density at radius 3 is 2.33 bits per heavy atom. The molecule has 21 heavy (non-hydrogen) atoms. The molecule has 1 aliphatic carbocycles. The van der Waals surface area contributed by atoms with Gasteiger partial charge in [0.05, 0.1) is 18.2 Å². The summed E-state index contributed by atoms with van der Waals surface area (Å²) < 4.78 is 0. The van der Waals surface area contributed by atoms with Gasteiger partial charge in [0, 0.05) is 24.0 Å². The van der Waals surface area contributed by atoms with Crippen LogP contribution in [-0.2, 0) is 12.8 Å². The fraction of sp³-hybridized carbons (Fsp3) is 0.188. The molecule has 104 valence electrons. The molecule has 4 rings (SSSR count). The maximum Gasteiger partial charge on any atom is 0.222 e. The van der Waals surface area contributed by atoms with Gasteiger partial charge in [0.15, 0.2) is 0 Å². The van der Waals surface area contributed by atoms with Crippen molar-refractivity contribution in [1.29, 1.82) is 0 Å². The van der Waals surface area contributed by atoms with Crippen molar-refractivity contribution in [3.05, 3.63) is 60.3 Å². The standard InChI is InChI=1S/C16H15N5/c1-2-4-12-6-14(5-11(12)3-1)21-16-18-7-13(8-19-16)15-9-17-10-20-15/h1-4,7-10,14H,5-6H2,(H,17,20)(H,18,19,21). The van der Waals surface area contributed by atoms with Crippen LogP contribution in [0.3, 0.4) is 0 Å². The highest BCUT2D eigenvalue weighted by molar-refractivity contribution is 5.56. The van der Waals surface area contributed by atoms with Gasteiger partial charge in [-0.25, -0.2) is 15.0 Å². The molecule has 0 fully saturated rings. The highest BCUT2D eigenvalue weighted by Crippen LogP contribution is 2.23. The van der Waals surface area contributed by atoms with Crippen molar-refractivity contribution >= 4 is 5.95 Å². The number of H-pyrrole nitrogens is 1. The van der Waals surface area contributed by atoms with E-state index in [1.54, 1.807) is 12.5 Å². The van der Waals surface area contributed by atoms with E-state index >= 15 is 0 Å². The smallest absolute Gasteiger partial charge is 0.222 e. The summed E-state index contributed by atoms with van der Waals surface area (Å²) in [6, 6.07) is 8.95. The molecule has 2 aromatic heterocycles. The summed E-state index contributed by atoms with van der Waals surface area (Å²) in [5.41, 5.74) is 4.70. The van der Waals surface area contributed by atoms with E-state index in [4.69, 9.17) is 0 Å². The van der Waals surface area contributed by atoms with Crippen LogP contribution in [-0.4, -0.2) is 26.0 Å². The molecule has 5 nitrogen and oxygen atoms in total. The van der Waals surface area contributed by atoms with Crippen LogP contribution in [0, 0.1) is 0 Å². The van der Waals surface area contributed by atoms with Gasteiger partial charge < -0.3 is 10.3 Å². The number of aromatic nitrogens is 4. The summed E-state index contributed by atoms with van der Waals surface area (Å²) in [6.07, 6.45) is 9.09. The van der Waals surface area contributed by atoms with E-state index in [1.807, 2.05) is 12.4 Å². The van der Waals surface area contributed by atoms with Crippen LogP contribution in [0.15, 0.2) is 49.2 Å². The largest absolute Gasteiger partial charge is 0.351 e. The van der Waals surface area contributed by atoms with Gasteiger partial charge in [-0.3, -0.25) is 0 Å². The molecule has 0 aliphatic heterocycles. The molecule has 2 heterocycles. The van der Waals surface area contributed by atoms with Crippen molar-refractivity contribution in [1.82, 2.24) is 19.9 Å². The van der Waals surface area contributed by atoms with Crippen LogP contribution in [0.25, 0.3) is 11.3 Å². The lowest BCUT2D eigenvalue weighted by molar-refractivity contribution is 0.761. The maximum atomic E-state index is 4.39. The van der Waals surface area contributed by atoms with Crippen molar-refractivity contribution in [2.75, 3.05) is 5.32 Å². The van der Waals surface area contributed by atoms with Crippen molar-refractivity contribution in [3.63, 3.8) is 0 Å². The van der Waals surface area contributed by atoms with E-state index in [2.05, 4.69) is 49.5 Å². The van der Waals surface area contributed by atoms with Crippen LogP contribution < -0.4 is 5.32 Å². The molecular weight excluding hydrogens is 262 g/mol. The van der Waals surface area contributed by atoms with E-state index in [0.717, 1.165) is 24.1 Å². The maximum absolute atomic E-state index is 4.39. The molecular formula is C16H15N5. The number of nitrogens with zero attached hydrogens (tertiary/aromatic N) is 3. The number of aromatic amines is 1. The van der Waals surface area contributed by atoms with Gasteiger partial charge in [0.25, 0.3) is 0 Å². The van der Waals surface area contributed by atoms with Crippen LogP contribution in [0.5, 0.6) is 0 Å². The van der Waals surface area contributed by atoms with E-state index in [1.165, 1.54) is 11.1 Å². The summed E-state index contributed by atoms with van der Waals surface area (Å²) in [5, 5.41) is 3.41. The van der Waals surface area contributed by atoms with Crippen molar-refractivity contribution in [2.45, 2.75) is 18.9 Å². The Hall–Kier alpha value is -2.69. The first-order valence-electron chi connectivity index (χ1n) is 7.02. The van der Waals surface area contributed by atoms with Gasteiger partial charge >= 0.3 is 0 Å². The number of nitrogens with one attached hydrogen (secondary N) is 2. The van der Waals surface area contributed by atoms with Gasteiger partial charge in [-0.2, -0.15) is 0 Å². The van der Waals surface area contributed by atoms with Crippen molar-refractivity contribution < 1.29 is 0 Å². The van der Waals surface area contributed by atoms with Crippen molar-refractivity contribution in [2.24, 2.45) is 0 Å². The van der Waals surface area contributed by atoms with Gasteiger partial charge in [-0.15, -0.1) is 0 Å². The minimum atomic E-state index is 0.375. The number of fused-ring (bicyclic) bond motifs is 1. The molecule has 2 N–H and O–H groups in total. The number of hydrogen-bond acceptors (Lipinski definition) is 4. The predicted octanol–water partition coefficient (Wildman–Crippen LogP) is 2.45. The van der Waals surface area contributed by atoms with Crippen LogP contribution in [0.1, 0.15) is 11.1 Å². The molecule has 0 unspecified atom stereocenters. The Labute approximate surface area is 122 Å². The van der Waals surface area contributed by atoms with Crippen LogP contribution >= 0.6 is 0 Å². The normalized spacial score (nSPS) is 14.1. The second-order valence-electron chi connectivity index (χ2n) is 5.28. The Kier molecular flexibility index (Phi) is 2.88. The van der Waals surface area contributed by atoms with E-state index in [0.29, 0.717) is 12.0 Å². The minimum Gasteiger partial charge on any atom is -0.351 e. The molecule has 3 aromatic rings. The summed E-state index contributed by atoms with van der Waals surface area (Å²) in [7, 11) is 0. The zero-order valence-corrected chi connectivity index (χ0v) is 11.5. The van der Waals surface area contributed by atoms with Crippen LogP contribution in [0.4, 0.5) is 5.95 Å². The quantitative estimate of drug-likeness (QED) is 0.771. The third kappa shape index (κ3) is 2.38. The number of benzene rings is 1. The molecule has 1 aliphatic rings. The number of rotatable bonds is 3. The summed E-state index contributed by atoms with van der Waals surface area (Å²) in [5.74, 6) is 0.677. The third-order valence-electron chi connectivity index (χ3n) is 3.85. The lowest BCUT2D eigenvalue weighted by Gasteiger charge is -2.11. The molecule has 1 aromatic carbocycles. The Morgan fingerprint density at radius 2 is 1.71 bits per heavy atom. The van der Waals surface area contributed by atoms with Gasteiger partial charge in [0.1, 0.15) is 0 Å². The zero-order valence-electron chi connectivity index (χ0n) is 11.5. The van der Waals surface area contributed by atoms with Gasteiger partial charge in [-0.05, 0) is 24.0 Å². The summed E-state index contributed by atoms with van der Waals surface area (Å²) in [4.78, 5) is 15.8. The summed E-state index contributed by atoms with van der Waals surface area (Å²) in [6.45, 7) is 0. The summed E-state index contributed by atoms with van der Waals surface area (Å²) >= 11 is 0. The first-order valence-corrected chi connectivity index (χ1v) is 7.02. The number of anilines is 1. The number of hydrogen-bond donors (Lipinski definition) is 2. The second kappa shape index (κ2) is 5.01. The van der Waals surface area contributed by atoms with Gasteiger partial charge in [-0.1, -0.05) is 24.3 Å². The zero-order chi connectivity index (χ0) is 14.1. The first kappa shape index (κ1) is 12.1. The average molecular weight is 277 g/mol. The van der Waals surface area contributed by atoms with Crippen LogP contribution in [0.2, 0.25) is 0 Å². The molecule has 0 spiro atoms. The van der Waals surface area contributed by atoms with Gasteiger partial charge in [0.2, 0.25) is 5.95 Å². The monoisotopic (exact) mass is 277 g/mol. The molecule has 0 radical (unpaired) electrons. The predicted molar refractivity (Wildman–Crippen MR) is 80.9 cm³/mol. The fourth-order valence-electron chi connectivity index (χ4n) is 2.80. The molecule has 0 atom stereocenters. The average Bonchev–Trinajstić information content (AvgIpc) is 3.17. The van der Waals surface area contributed by atoms with E-state index in [-0.39, 0.29) is 0 Å². The molecule has 0 saturated carbocycles. The minimum absolute atomic E-state index is 0.375. The molecule has 0 bridgehead atoms. The molecule has 0 saturated heterocycles. The Balaban J connectivity index is 1.47. The molecule has 0 amide bonds. The first-order chi connectivity index (χ1) is 10.4. The lowest BCUT2D eigenvalue weighted by Crippen LogP contribution is -2.20.